The maximum absolute atomic E-state index is 13.8. The van der Waals surface area contributed by atoms with E-state index in [0.29, 0.717) is 25.5 Å². The summed E-state index contributed by atoms with van der Waals surface area (Å²) in [6.45, 7) is 5.90. The van der Waals surface area contributed by atoms with Gasteiger partial charge in [-0.1, -0.05) is 0 Å². The second kappa shape index (κ2) is 11.4. The predicted molar refractivity (Wildman–Crippen MR) is 102 cm³/mol. The Morgan fingerprint density at radius 3 is 2.39 bits per heavy atom. The van der Waals surface area contributed by atoms with E-state index in [1.807, 2.05) is 0 Å². The molecule has 0 spiro atoms. The van der Waals surface area contributed by atoms with Crippen LogP contribution in [0.5, 0.6) is 5.75 Å². The molecule has 1 aromatic carbocycles. The lowest BCUT2D eigenvalue weighted by Gasteiger charge is -2.19. The Morgan fingerprint density at radius 1 is 1.11 bits per heavy atom. The molecule has 0 aliphatic carbocycles. The molecule has 0 aliphatic heterocycles. The van der Waals surface area contributed by atoms with E-state index in [0.717, 1.165) is 12.5 Å². The molecule has 5 nitrogen and oxygen atoms in total. The van der Waals surface area contributed by atoms with Gasteiger partial charge in [0.05, 0.1) is 0 Å². The van der Waals surface area contributed by atoms with Gasteiger partial charge in [-0.3, -0.25) is 9.59 Å². The van der Waals surface area contributed by atoms with Gasteiger partial charge in [0, 0.05) is 19.4 Å². The van der Waals surface area contributed by atoms with E-state index >= 15 is 0 Å². The number of hydrogen-bond donors (Lipinski definition) is 1. The van der Waals surface area contributed by atoms with Crippen molar-refractivity contribution in [1.29, 1.82) is 0 Å². The fourth-order valence-electron chi connectivity index (χ4n) is 2.39. The van der Waals surface area contributed by atoms with E-state index in [-0.39, 0.29) is 24.3 Å². The van der Waals surface area contributed by atoms with Crippen LogP contribution >= 0.6 is 0 Å². The van der Waals surface area contributed by atoms with Gasteiger partial charge in [-0.2, -0.15) is 4.39 Å². The smallest absolute Gasteiger partial charge is 0.311 e. The Labute approximate surface area is 167 Å². The summed E-state index contributed by atoms with van der Waals surface area (Å²) < 4.78 is 50.5. The first kappa shape index (κ1) is 24.4. The highest BCUT2D eigenvalue weighted by atomic mass is 28.4. The van der Waals surface area contributed by atoms with Crippen LogP contribution in [0.1, 0.15) is 37.7 Å². The summed E-state index contributed by atoms with van der Waals surface area (Å²) in [6, 6.07) is 1.59. The number of carbonyl (C=O) groups is 2. The van der Waals surface area contributed by atoms with Crippen LogP contribution in [0.3, 0.4) is 0 Å². The van der Waals surface area contributed by atoms with Crippen molar-refractivity contribution < 1.29 is 31.6 Å². The number of hydrogen-bond acceptors (Lipinski definition) is 4. The molecule has 28 heavy (non-hydrogen) atoms. The summed E-state index contributed by atoms with van der Waals surface area (Å²) in [5.74, 6) is -5.98. The van der Waals surface area contributed by atoms with Crippen LogP contribution in [0.4, 0.5) is 13.2 Å². The number of esters is 1. The van der Waals surface area contributed by atoms with Crippen LogP contribution in [-0.4, -0.2) is 37.2 Å². The molecule has 0 unspecified atom stereocenters. The first-order valence-corrected chi connectivity index (χ1v) is 12.6. The van der Waals surface area contributed by atoms with Crippen molar-refractivity contribution >= 4 is 30.7 Å². The second-order valence-corrected chi connectivity index (χ2v) is 12.0. The number of rotatable bonds is 11. The van der Waals surface area contributed by atoms with Gasteiger partial charge in [0.25, 0.3) is 0 Å². The lowest BCUT2D eigenvalue weighted by molar-refractivity contribution is -0.135. The third kappa shape index (κ3) is 8.15. The summed E-state index contributed by atoms with van der Waals surface area (Å²) in [7, 11) is 1.36. The minimum atomic E-state index is -1.71. The Hall–Kier alpha value is -1.66. The molecule has 0 aromatic heterocycles. The third-order valence-electron chi connectivity index (χ3n) is 4.10. The Bertz CT molecular complexity index is 676. The lowest BCUT2D eigenvalue weighted by atomic mass is 10.2. The first-order chi connectivity index (χ1) is 13.1. The van der Waals surface area contributed by atoms with Crippen molar-refractivity contribution in [1.82, 2.24) is 5.32 Å². The molecule has 1 rings (SSSR count). The molecule has 0 aliphatic rings. The number of carbonyl (C=O) groups excluding carboxylic acids is 2. The molecule has 0 fully saturated rings. The van der Waals surface area contributed by atoms with Gasteiger partial charge in [0.1, 0.15) is 0 Å². The van der Waals surface area contributed by atoms with Crippen LogP contribution in [0.2, 0.25) is 19.1 Å². The molecule has 0 heterocycles. The van der Waals surface area contributed by atoms with E-state index < -0.39 is 37.5 Å². The SMILES string of the molecule is Cc1cc(F)c(F)c(OC(=O)CCCCC(=O)NCCC[Si](C)(C)O[Si])c1F. The quantitative estimate of drug-likeness (QED) is 0.190. The van der Waals surface area contributed by atoms with Crippen LogP contribution in [0.15, 0.2) is 6.07 Å². The first-order valence-electron chi connectivity index (χ1n) is 9.03. The number of benzene rings is 1. The van der Waals surface area contributed by atoms with Gasteiger partial charge < -0.3 is 14.2 Å². The van der Waals surface area contributed by atoms with Gasteiger partial charge in [0.15, 0.2) is 20.0 Å². The normalized spacial score (nSPS) is 11.4. The molecule has 155 valence electrons. The van der Waals surface area contributed by atoms with E-state index in [1.165, 1.54) is 6.92 Å². The number of halogens is 3. The maximum atomic E-state index is 13.8. The summed E-state index contributed by atoms with van der Waals surface area (Å²) in [5.41, 5.74) is -0.160. The molecule has 0 saturated carbocycles. The van der Waals surface area contributed by atoms with Gasteiger partial charge >= 0.3 is 5.97 Å². The number of ether oxygens (including phenoxy) is 1. The van der Waals surface area contributed by atoms with Crippen molar-refractivity contribution in [3.05, 3.63) is 29.1 Å². The predicted octanol–water partition coefficient (Wildman–Crippen LogP) is 3.69. The minimum Gasteiger partial charge on any atom is -0.457 e. The van der Waals surface area contributed by atoms with Gasteiger partial charge in [-0.05, 0) is 57.0 Å². The van der Waals surface area contributed by atoms with Crippen molar-refractivity contribution in [2.75, 3.05) is 6.54 Å². The summed E-state index contributed by atoms with van der Waals surface area (Å²) >= 11 is 0. The minimum absolute atomic E-state index is 0.134. The van der Waals surface area contributed by atoms with Gasteiger partial charge in [0.2, 0.25) is 28.0 Å². The monoisotopic (exact) mass is 432 g/mol. The zero-order chi connectivity index (χ0) is 21.3. The third-order valence-corrected chi connectivity index (χ3v) is 7.87. The molecule has 3 radical (unpaired) electrons. The number of amides is 1. The molecule has 1 amide bonds. The molecule has 0 atom stereocenters. The standard InChI is InChI=1S/C18H25F3NO4Si2/c1-12-11-13(19)17(21)18(16(12)20)25-15(24)8-5-4-7-14(23)22-9-6-10-28(2,3)26-27/h11H,4-10H2,1-3H3,(H,22,23). The second-order valence-electron chi connectivity index (χ2n) is 7.13. The van der Waals surface area contributed by atoms with Crippen LogP contribution < -0.4 is 10.1 Å². The zero-order valence-electron chi connectivity index (χ0n) is 16.3. The molecule has 0 saturated heterocycles. The van der Waals surface area contributed by atoms with E-state index in [1.54, 1.807) is 0 Å². The highest BCUT2D eigenvalue weighted by Gasteiger charge is 2.21. The number of nitrogens with one attached hydrogen (secondary N) is 1. The summed E-state index contributed by atoms with van der Waals surface area (Å²) in [4.78, 5) is 23.5. The van der Waals surface area contributed by atoms with Crippen molar-refractivity contribution in [2.45, 2.75) is 58.2 Å². The largest absolute Gasteiger partial charge is 0.457 e. The lowest BCUT2D eigenvalue weighted by Crippen LogP contribution is -2.31. The molecule has 1 aromatic rings. The fraction of sp³-hybridized carbons (Fsp3) is 0.556. The van der Waals surface area contributed by atoms with Crippen molar-refractivity contribution in [3.8, 4) is 5.75 Å². The van der Waals surface area contributed by atoms with Crippen molar-refractivity contribution in [2.24, 2.45) is 0 Å². The van der Waals surface area contributed by atoms with Gasteiger partial charge in [-0.15, -0.1) is 0 Å². The Kier molecular flexibility index (Phi) is 9.90. The Morgan fingerprint density at radius 2 is 1.75 bits per heavy atom. The number of unbranched alkanes of at least 4 members (excludes halogenated alkanes) is 1. The van der Waals surface area contributed by atoms with Crippen LogP contribution in [-0.2, 0) is 13.7 Å². The number of aryl methyl sites for hydroxylation is 1. The molecule has 0 bridgehead atoms. The van der Waals surface area contributed by atoms with Crippen LogP contribution in [0.25, 0.3) is 0 Å². The van der Waals surface area contributed by atoms with Gasteiger partial charge in [-0.25, -0.2) is 8.78 Å². The van der Waals surface area contributed by atoms with Crippen molar-refractivity contribution in [3.63, 3.8) is 0 Å². The molecular formula is C18H25F3NO4Si2. The fourth-order valence-corrected chi connectivity index (χ4v) is 3.83. The molecule has 1 N–H and O–H groups in total. The average Bonchev–Trinajstić information content (AvgIpc) is 2.64. The topological polar surface area (TPSA) is 64.6 Å². The Balaban J connectivity index is 2.28. The molecule has 10 heteroatoms. The zero-order valence-corrected chi connectivity index (χ0v) is 18.3. The summed E-state index contributed by atoms with van der Waals surface area (Å²) in [6.07, 6.45) is 1.62. The molecular weight excluding hydrogens is 407 g/mol. The van der Waals surface area contributed by atoms with E-state index in [4.69, 9.17) is 4.12 Å². The average molecular weight is 433 g/mol. The summed E-state index contributed by atoms with van der Waals surface area (Å²) in [5, 5.41) is 2.79. The van der Waals surface area contributed by atoms with E-state index in [2.05, 4.69) is 33.6 Å². The maximum Gasteiger partial charge on any atom is 0.311 e. The van der Waals surface area contributed by atoms with Crippen LogP contribution in [0, 0.1) is 24.4 Å². The van der Waals surface area contributed by atoms with E-state index in [9.17, 15) is 22.8 Å². The highest BCUT2D eigenvalue weighted by molar-refractivity contribution is 6.73. The highest BCUT2D eigenvalue weighted by Crippen LogP contribution is 2.27.